The molecule has 152 valence electrons. The number of hydrogen-bond donors (Lipinski definition) is 0. The predicted molar refractivity (Wildman–Crippen MR) is 108 cm³/mol. The molecule has 1 aliphatic heterocycles. The molecule has 2 aromatic carbocycles. The first-order chi connectivity index (χ1) is 13.9. The minimum absolute atomic E-state index is 0.123. The molecule has 1 heterocycles. The summed E-state index contributed by atoms with van der Waals surface area (Å²) in [6.07, 6.45) is 0.322. The van der Waals surface area contributed by atoms with Crippen molar-refractivity contribution in [3.05, 3.63) is 59.1 Å². The molecule has 0 spiro atoms. The van der Waals surface area contributed by atoms with Gasteiger partial charge in [0.25, 0.3) is 5.91 Å². The molecule has 0 aromatic heterocycles. The second-order valence-electron chi connectivity index (χ2n) is 6.51. The van der Waals surface area contributed by atoms with Gasteiger partial charge in [0.2, 0.25) is 10.0 Å². The van der Waals surface area contributed by atoms with E-state index in [-0.39, 0.29) is 30.5 Å². The number of carbonyl (C=O) groups excluding carboxylic acids is 1. The van der Waals surface area contributed by atoms with E-state index in [0.29, 0.717) is 30.3 Å². The van der Waals surface area contributed by atoms with Gasteiger partial charge in [-0.15, -0.1) is 0 Å². The van der Waals surface area contributed by atoms with Gasteiger partial charge in [-0.05, 0) is 42.0 Å². The molecule has 3 rings (SSSR count). The molecule has 0 aliphatic carbocycles. The molecule has 1 amide bonds. The molecule has 1 aliphatic rings. The Kier molecular flexibility index (Phi) is 6.75. The van der Waals surface area contributed by atoms with Crippen LogP contribution in [0.3, 0.4) is 0 Å². The first-order valence-electron chi connectivity index (χ1n) is 9.02. The highest BCUT2D eigenvalue weighted by Gasteiger charge is 2.30. The average Bonchev–Trinajstić information content (AvgIpc) is 2.73. The van der Waals surface area contributed by atoms with Gasteiger partial charge in [-0.1, -0.05) is 23.7 Å². The largest absolute Gasteiger partial charge is 0.484 e. The first-order valence-corrected chi connectivity index (χ1v) is 10.8. The van der Waals surface area contributed by atoms with Crippen molar-refractivity contribution in [1.82, 2.24) is 9.21 Å². The van der Waals surface area contributed by atoms with Crippen molar-refractivity contribution >= 4 is 27.5 Å². The number of rotatable bonds is 6. The number of ether oxygens (including phenoxy) is 1. The first kappa shape index (κ1) is 21.1. The molecular formula is C20H20ClN3O4S. The van der Waals surface area contributed by atoms with Crippen molar-refractivity contribution in [1.29, 1.82) is 5.26 Å². The molecule has 7 nitrogen and oxygen atoms in total. The molecule has 1 saturated heterocycles. The van der Waals surface area contributed by atoms with Crippen LogP contribution in [-0.4, -0.2) is 56.3 Å². The Labute approximate surface area is 175 Å². The number of hydrogen-bond acceptors (Lipinski definition) is 5. The summed E-state index contributed by atoms with van der Waals surface area (Å²) in [4.78, 5) is 14.2. The maximum absolute atomic E-state index is 12.7. The van der Waals surface area contributed by atoms with Crippen LogP contribution in [-0.2, 0) is 21.2 Å². The SMILES string of the molecule is N#CCc1ccc(OCC(=O)N2CCN(S(=O)(=O)c3ccc(Cl)cc3)CC2)cc1. The van der Waals surface area contributed by atoms with E-state index < -0.39 is 10.0 Å². The van der Waals surface area contributed by atoms with E-state index in [1.165, 1.54) is 16.4 Å². The lowest BCUT2D eigenvalue weighted by Gasteiger charge is -2.34. The third-order valence-electron chi connectivity index (χ3n) is 4.61. The summed E-state index contributed by atoms with van der Waals surface area (Å²) in [6, 6.07) is 15.1. The summed E-state index contributed by atoms with van der Waals surface area (Å²) in [7, 11) is -3.61. The monoisotopic (exact) mass is 433 g/mol. The summed E-state index contributed by atoms with van der Waals surface area (Å²) in [5.74, 6) is 0.346. The summed E-state index contributed by atoms with van der Waals surface area (Å²) < 4.78 is 32.3. The molecular weight excluding hydrogens is 414 g/mol. The van der Waals surface area contributed by atoms with Gasteiger partial charge in [0.1, 0.15) is 5.75 Å². The van der Waals surface area contributed by atoms with Crippen molar-refractivity contribution in [3.8, 4) is 11.8 Å². The highest BCUT2D eigenvalue weighted by atomic mass is 35.5. The molecule has 0 atom stereocenters. The van der Waals surface area contributed by atoms with Crippen LogP contribution >= 0.6 is 11.6 Å². The fourth-order valence-electron chi connectivity index (χ4n) is 2.96. The molecule has 0 unspecified atom stereocenters. The van der Waals surface area contributed by atoms with E-state index in [0.717, 1.165) is 5.56 Å². The van der Waals surface area contributed by atoms with Gasteiger partial charge in [0.15, 0.2) is 6.61 Å². The number of nitriles is 1. The van der Waals surface area contributed by atoms with E-state index in [1.807, 2.05) is 0 Å². The summed E-state index contributed by atoms with van der Waals surface area (Å²) >= 11 is 5.82. The molecule has 0 N–H and O–H groups in total. The molecule has 9 heteroatoms. The van der Waals surface area contributed by atoms with Crippen LogP contribution in [0.25, 0.3) is 0 Å². The van der Waals surface area contributed by atoms with E-state index in [9.17, 15) is 13.2 Å². The third-order valence-corrected chi connectivity index (χ3v) is 6.78. The zero-order valence-corrected chi connectivity index (χ0v) is 17.2. The Balaban J connectivity index is 1.51. The number of nitrogens with zero attached hydrogens (tertiary/aromatic N) is 3. The molecule has 1 fully saturated rings. The minimum Gasteiger partial charge on any atom is -0.484 e. The number of sulfonamides is 1. The minimum atomic E-state index is -3.61. The third kappa shape index (κ3) is 5.26. The van der Waals surface area contributed by atoms with Crippen molar-refractivity contribution in [3.63, 3.8) is 0 Å². The van der Waals surface area contributed by atoms with Gasteiger partial charge in [0, 0.05) is 31.2 Å². The maximum Gasteiger partial charge on any atom is 0.260 e. The van der Waals surface area contributed by atoms with Gasteiger partial charge in [-0.2, -0.15) is 9.57 Å². The highest BCUT2D eigenvalue weighted by Crippen LogP contribution is 2.20. The average molecular weight is 434 g/mol. The number of amides is 1. The Morgan fingerprint density at radius 2 is 1.66 bits per heavy atom. The van der Waals surface area contributed by atoms with Crippen LogP contribution in [0.5, 0.6) is 5.75 Å². The van der Waals surface area contributed by atoms with Crippen LogP contribution in [0.15, 0.2) is 53.4 Å². The second kappa shape index (κ2) is 9.27. The summed E-state index contributed by atoms with van der Waals surface area (Å²) in [5.41, 5.74) is 0.879. The van der Waals surface area contributed by atoms with Crippen molar-refractivity contribution < 1.29 is 17.9 Å². The summed E-state index contributed by atoms with van der Waals surface area (Å²) in [6.45, 7) is 0.923. The highest BCUT2D eigenvalue weighted by molar-refractivity contribution is 7.89. The molecule has 0 bridgehead atoms. The van der Waals surface area contributed by atoms with Gasteiger partial charge in [0.05, 0.1) is 17.4 Å². The van der Waals surface area contributed by atoms with E-state index in [4.69, 9.17) is 21.6 Å². The van der Waals surface area contributed by atoms with E-state index >= 15 is 0 Å². The van der Waals surface area contributed by atoms with Crippen LogP contribution < -0.4 is 4.74 Å². The van der Waals surface area contributed by atoms with Crippen LogP contribution in [0.2, 0.25) is 5.02 Å². The Morgan fingerprint density at radius 1 is 1.03 bits per heavy atom. The molecule has 29 heavy (non-hydrogen) atoms. The lowest BCUT2D eigenvalue weighted by atomic mass is 10.2. The predicted octanol–water partition coefficient (Wildman–Crippen LogP) is 2.32. The van der Waals surface area contributed by atoms with Gasteiger partial charge in [-0.3, -0.25) is 4.79 Å². The van der Waals surface area contributed by atoms with Crippen molar-refractivity contribution in [2.24, 2.45) is 0 Å². The van der Waals surface area contributed by atoms with Gasteiger partial charge < -0.3 is 9.64 Å². The second-order valence-corrected chi connectivity index (χ2v) is 8.88. The maximum atomic E-state index is 12.7. The summed E-state index contributed by atoms with van der Waals surface area (Å²) in [5, 5.41) is 9.15. The molecule has 0 saturated carbocycles. The quantitative estimate of drug-likeness (QED) is 0.697. The van der Waals surface area contributed by atoms with E-state index in [1.54, 1.807) is 41.3 Å². The van der Waals surface area contributed by atoms with Crippen molar-refractivity contribution in [2.75, 3.05) is 32.8 Å². The van der Waals surface area contributed by atoms with Crippen LogP contribution in [0, 0.1) is 11.3 Å². The normalized spacial score (nSPS) is 15.0. The lowest BCUT2D eigenvalue weighted by molar-refractivity contribution is -0.134. The zero-order chi connectivity index (χ0) is 20.9. The fourth-order valence-corrected chi connectivity index (χ4v) is 4.51. The van der Waals surface area contributed by atoms with Crippen LogP contribution in [0.1, 0.15) is 5.56 Å². The Morgan fingerprint density at radius 3 is 2.24 bits per heavy atom. The Bertz CT molecular complexity index is 994. The molecule has 2 aromatic rings. The van der Waals surface area contributed by atoms with Gasteiger partial charge >= 0.3 is 0 Å². The van der Waals surface area contributed by atoms with Crippen LogP contribution in [0.4, 0.5) is 0 Å². The number of benzene rings is 2. The molecule has 0 radical (unpaired) electrons. The smallest absolute Gasteiger partial charge is 0.260 e. The van der Waals surface area contributed by atoms with Gasteiger partial charge in [-0.25, -0.2) is 8.42 Å². The number of halogens is 1. The van der Waals surface area contributed by atoms with Crippen molar-refractivity contribution in [2.45, 2.75) is 11.3 Å². The Hall–Kier alpha value is -2.60. The fraction of sp³-hybridized carbons (Fsp3) is 0.300. The topological polar surface area (TPSA) is 90.7 Å². The standard InChI is InChI=1S/C20H20ClN3O4S/c21-17-3-7-19(8-4-17)29(26,27)24-13-11-23(12-14-24)20(25)15-28-18-5-1-16(2-6-18)9-10-22/h1-8H,9,11-15H2. The number of piperazine rings is 1. The van der Waals surface area contributed by atoms with E-state index in [2.05, 4.69) is 6.07 Å². The number of carbonyl (C=O) groups is 1. The zero-order valence-electron chi connectivity index (χ0n) is 15.6. The lowest BCUT2D eigenvalue weighted by Crippen LogP contribution is -2.51.